The van der Waals surface area contributed by atoms with E-state index in [1.54, 1.807) is 0 Å². The molecule has 4 aliphatic rings. The number of nitrogens with one attached hydrogen (secondary N) is 1. The van der Waals surface area contributed by atoms with Crippen molar-refractivity contribution in [2.45, 2.75) is 62.6 Å². The first-order valence-corrected chi connectivity index (χ1v) is 13.1. The molecule has 2 saturated carbocycles. The van der Waals surface area contributed by atoms with Crippen molar-refractivity contribution in [3.8, 4) is 0 Å². The molecule has 3 heterocycles. The summed E-state index contributed by atoms with van der Waals surface area (Å²) < 4.78 is 55.2. The smallest absolute Gasteiger partial charge is 0.371 e. The summed E-state index contributed by atoms with van der Waals surface area (Å²) >= 11 is 3.41. The van der Waals surface area contributed by atoms with Gasteiger partial charge in [0.05, 0.1) is 5.69 Å². The van der Waals surface area contributed by atoms with Crippen molar-refractivity contribution < 1.29 is 22.4 Å². The Morgan fingerprint density at radius 2 is 1.83 bits per heavy atom. The summed E-state index contributed by atoms with van der Waals surface area (Å²) in [4.78, 5) is 23.9. The number of rotatable bonds is 5. The summed E-state index contributed by atoms with van der Waals surface area (Å²) in [6, 6.07) is 5.78. The third-order valence-electron chi connectivity index (χ3n) is 7.67. The summed E-state index contributed by atoms with van der Waals surface area (Å²) in [6.07, 6.45) is 0.849. The van der Waals surface area contributed by atoms with E-state index in [1.807, 2.05) is 6.07 Å². The van der Waals surface area contributed by atoms with Gasteiger partial charge in [0.1, 0.15) is 22.9 Å². The largest absolute Gasteiger partial charge is 0.433 e. The summed E-state index contributed by atoms with van der Waals surface area (Å²) in [5.41, 5.74) is 0.503. The monoisotopic (exact) mass is 564 g/mol. The van der Waals surface area contributed by atoms with E-state index in [-0.39, 0.29) is 17.6 Å². The number of carbonyl (C=O) groups excluding carboxylic acids is 1. The van der Waals surface area contributed by atoms with Gasteiger partial charge in [-0.2, -0.15) is 13.2 Å². The van der Waals surface area contributed by atoms with E-state index in [2.05, 4.69) is 31.1 Å². The van der Waals surface area contributed by atoms with Gasteiger partial charge < -0.3 is 10.2 Å². The highest BCUT2D eigenvalue weighted by molar-refractivity contribution is 9.10. The molecule has 5 nitrogen and oxygen atoms in total. The summed E-state index contributed by atoms with van der Waals surface area (Å²) in [6.45, 7) is 1.05. The maximum atomic E-state index is 14.8. The van der Waals surface area contributed by atoms with E-state index in [0.29, 0.717) is 59.8 Å². The fourth-order valence-corrected chi connectivity index (χ4v) is 5.70. The van der Waals surface area contributed by atoms with Crippen LogP contribution in [0.5, 0.6) is 0 Å². The number of amides is 1. The molecule has 0 unspecified atom stereocenters. The maximum Gasteiger partial charge on any atom is 0.433 e. The molecule has 1 amide bonds. The number of alkyl halides is 3. The van der Waals surface area contributed by atoms with Gasteiger partial charge in [-0.25, -0.2) is 9.37 Å². The molecule has 190 valence electrons. The Hall–Kier alpha value is -2.49. The number of amidine groups is 1. The van der Waals surface area contributed by atoms with E-state index in [1.165, 1.54) is 12.1 Å². The van der Waals surface area contributed by atoms with E-state index in [0.717, 1.165) is 43.0 Å². The molecule has 1 aromatic carbocycles. The lowest BCUT2D eigenvalue weighted by Crippen LogP contribution is -2.49. The molecule has 2 aromatic rings. The maximum absolute atomic E-state index is 14.8. The van der Waals surface area contributed by atoms with Crippen LogP contribution >= 0.6 is 15.9 Å². The number of benzene rings is 1. The Balaban J connectivity index is 1.26. The van der Waals surface area contributed by atoms with Crippen molar-refractivity contribution in [1.82, 2.24) is 10.3 Å². The molecule has 0 atom stereocenters. The molecule has 2 aliphatic carbocycles. The highest BCUT2D eigenvalue weighted by Crippen LogP contribution is 2.44. The first-order valence-electron chi connectivity index (χ1n) is 12.4. The Kier molecular flexibility index (Phi) is 5.66. The predicted octanol–water partition coefficient (Wildman–Crippen LogP) is 5.75. The average molecular weight is 565 g/mol. The fourth-order valence-electron chi connectivity index (χ4n) is 5.29. The molecule has 6 rings (SSSR count). The molecule has 1 saturated heterocycles. The average Bonchev–Trinajstić information content (AvgIpc) is 3.75. The third-order valence-corrected chi connectivity index (χ3v) is 8.13. The van der Waals surface area contributed by atoms with E-state index in [9.17, 15) is 22.4 Å². The Bertz CT molecular complexity index is 1260. The Morgan fingerprint density at radius 3 is 2.47 bits per heavy atom. The normalized spacial score (nSPS) is 21.6. The van der Waals surface area contributed by atoms with E-state index < -0.39 is 17.4 Å². The van der Waals surface area contributed by atoms with Gasteiger partial charge in [0.15, 0.2) is 0 Å². The number of aliphatic imine (C=N–C) groups is 1. The number of anilines is 1. The standard InChI is InChI=1S/C26H25BrF4N4O/c27-16-12-19(28)18(11-14-1-2-14)20(13-16)35-9-7-25(8-10-35)24(36)33-23(34-25)17-5-6-21(26(29,30)31)32-22(17)15-3-4-15/h5-6,12-15H,1-4,7-11H2,(H,33,34,36). The molecule has 36 heavy (non-hydrogen) atoms. The highest BCUT2D eigenvalue weighted by atomic mass is 79.9. The number of aromatic nitrogens is 1. The van der Waals surface area contributed by atoms with Crippen molar-refractivity contribution in [3.05, 3.63) is 57.1 Å². The second-order valence-corrected chi connectivity index (χ2v) is 11.3. The van der Waals surface area contributed by atoms with Gasteiger partial charge >= 0.3 is 6.18 Å². The third kappa shape index (κ3) is 4.41. The molecule has 1 aromatic heterocycles. The van der Waals surface area contributed by atoms with Crippen LogP contribution in [-0.2, 0) is 17.4 Å². The fraction of sp³-hybridized carbons (Fsp3) is 0.500. The second-order valence-electron chi connectivity index (χ2n) is 10.4. The van der Waals surface area contributed by atoms with Gasteiger partial charge in [-0.15, -0.1) is 0 Å². The second kappa shape index (κ2) is 8.53. The lowest BCUT2D eigenvalue weighted by atomic mass is 9.87. The molecule has 1 N–H and O–H groups in total. The first-order chi connectivity index (χ1) is 17.1. The van der Waals surface area contributed by atoms with E-state index in [4.69, 9.17) is 4.99 Å². The topological polar surface area (TPSA) is 57.6 Å². The number of hydrogen-bond acceptors (Lipinski definition) is 4. The lowest BCUT2D eigenvalue weighted by molar-refractivity contribution is -0.141. The minimum absolute atomic E-state index is 0.0448. The van der Waals surface area contributed by atoms with Gasteiger partial charge in [0.2, 0.25) is 0 Å². The molecule has 1 spiro atoms. The summed E-state index contributed by atoms with van der Waals surface area (Å²) in [7, 11) is 0. The van der Waals surface area contributed by atoms with Crippen LogP contribution in [0.15, 0.2) is 33.7 Å². The van der Waals surface area contributed by atoms with Crippen molar-refractivity contribution >= 4 is 33.4 Å². The molecular weight excluding hydrogens is 540 g/mol. The number of piperidine rings is 1. The van der Waals surface area contributed by atoms with Gasteiger partial charge in [0, 0.05) is 40.3 Å². The number of hydrogen-bond donors (Lipinski definition) is 1. The zero-order valence-electron chi connectivity index (χ0n) is 19.5. The quantitative estimate of drug-likeness (QED) is 0.470. The molecule has 0 bridgehead atoms. The molecule has 0 radical (unpaired) electrons. The van der Waals surface area contributed by atoms with Crippen molar-refractivity contribution in [3.63, 3.8) is 0 Å². The van der Waals surface area contributed by atoms with Crippen LogP contribution in [0.25, 0.3) is 0 Å². The van der Waals surface area contributed by atoms with Gasteiger partial charge in [-0.05, 0) is 75.1 Å². The van der Waals surface area contributed by atoms with Gasteiger partial charge in [-0.1, -0.05) is 15.9 Å². The van der Waals surface area contributed by atoms with Crippen LogP contribution in [0.1, 0.15) is 67.0 Å². The van der Waals surface area contributed by atoms with Crippen molar-refractivity contribution in [2.75, 3.05) is 18.0 Å². The minimum Gasteiger partial charge on any atom is -0.371 e. The van der Waals surface area contributed by atoms with Crippen molar-refractivity contribution in [2.24, 2.45) is 10.9 Å². The van der Waals surface area contributed by atoms with Gasteiger partial charge in [-0.3, -0.25) is 9.79 Å². The molecule has 2 aliphatic heterocycles. The number of halogens is 5. The molecule has 3 fully saturated rings. The first kappa shape index (κ1) is 23.9. The van der Waals surface area contributed by atoms with Crippen LogP contribution < -0.4 is 10.2 Å². The lowest BCUT2D eigenvalue weighted by Gasteiger charge is -2.38. The Labute approximate surface area is 214 Å². The van der Waals surface area contributed by atoms with Crippen LogP contribution in [0.3, 0.4) is 0 Å². The Morgan fingerprint density at radius 1 is 1.11 bits per heavy atom. The number of pyridine rings is 1. The number of nitrogens with zero attached hydrogens (tertiary/aromatic N) is 3. The SMILES string of the molecule is O=C1NC(c2ccc(C(F)(F)F)nc2C2CC2)=NC12CCN(c1cc(Br)cc(F)c1CC1CC1)CC2. The predicted molar refractivity (Wildman–Crippen MR) is 131 cm³/mol. The van der Waals surface area contributed by atoms with Gasteiger partial charge in [0.25, 0.3) is 5.91 Å². The number of carbonyl (C=O) groups is 1. The molecule has 10 heteroatoms. The minimum atomic E-state index is -4.53. The van der Waals surface area contributed by atoms with Crippen LogP contribution in [0.2, 0.25) is 0 Å². The van der Waals surface area contributed by atoms with Crippen LogP contribution in [-0.4, -0.2) is 35.4 Å². The zero-order valence-corrected chi connectivity index (χ0v) is 21.1. The van der Waals surface area contributed by atoms with Crippen molar-refractivity contribution in [1.29, 1.82) is 0 Å². The van der Waals surface area contributed by atoms with Crippen LogP contribution in [0.4, 0.5) is 23.2 Å². The highest BCUT2D eigenvalue weighted by Gasteiger charge is 2.47. The van der Waals surface area contributed by atoms with Crippen LogP contribution in [0, 0.1) is 11.7 Å². The summed E-state index contributed by atoms with van der Waals surface area (Å²) in [5, 5.41) is 2.83. The summed E-state index contributed by atoms with van der Waals surface area (Å²) in [5.74, 6) is 0.336. The zero-order chi connectivity index (χ0) is 25.2. The van der Waals surface area contributed by atoms with E-state index >= 15 is 0 Å². The molecular formula is C26H25BrF4N4O.